The SMILES string of the molecule is CCc1nnsc1CCl. The Labute approximate surface area is 63.0 Å². The molecular formula is C5H7ClN2S. The zero-order valence-corrected chi connectivity index (χ0v) is 6.67. The van der Waals surface area contributed by atoms with E-state index < -0.39 is 0 Å². The molecule has 0 saturated carbocycles. The molecule has 0 amide bonds. The molecule has 0 spiro atoms. The van der Waals surface area contributed by atoms with Gasteiger partial charge in [0.25, 0.3) is 0 Å². The van der Waals surface area contributed by atoms with Crippen molar-refractivity contribution in [3.8, 4) is 0 Å². The highest BCUT2D eigenvalue weighted by Crippen LogP contribution is 2.12. The lowest BCUT2D eigenvalue weighted by molar-refractivity contribution is 0.976. The van der Waals surface area contributed by atoms with Crippen LogP contribution in [0.3, 0.4) is 0 Å². The minimum Gasteiger partial charge on any atom is -0.143 e. The first-order valence-electron chi connectivity index (χ1n) is 2.74. The van der Waals surface area contributed by atoms with Gasteiger partial charge in [0.2, 0.25) is 0 Å². The van der Waals surface area contributed by atoms with Gasteiger partial charge in [0.1, 0.15) is 0 Å². The van der Waals surface area contributed by atoms with Crippen molar-refractivity contribution in [2.24, 2.45) is 0 Å². The smallest absolute Gasteiger partial charge is 0.0797 e. The summed E-state index contributed by atoms with van der Waals surface area (Å²) in [6, 6.07) is 0. The lowest BCUT2D eigenvalue weighted by atomic mass is 10.3. The second-order valence-electron chi connectivity index (χ2n) is 1.63. The Morgan fingerprint density at radius 1 is 1.67 bits per heavy atom. The largest absolute Gasteiger partial charge is 0.143 e. The fourth-order valence-electron chi connectivity index (χ4n) is 0.597. The van der Waals surface area contributed by atoms with Crippen molar-refractivity contribution in [1.82, 2.24) is 9.59 Å². The van der Waals surface area contributed by atoms with E-state index >= 15 is 0 Å². The number of aryl methyl sites for hydroxylation is 1. The molecule has 0 bridgehead atoms. The van der Waals surface area contributed by atoms with Crippen LogP contribution in [0.15, 0.2) is 0 Å². The van der Waals surface area contributed by atoms with Crippen LogP contribution < -0.4 is 0 Å². The predicted molar refractivity (Wildman–Crippen MR) is 38.8 cm³/mol. The number of aromatic nitrogens is 2. The van der Waals surface area contributed by atoms with Gasteiger partial charge in [-0.1, -0.05) is 11.4 Å². The Balaban J connectivity index is 2.85. The van der Waals surface area contributed by atoms with E-state index in [0.717, 1.165) is 17.0 Å². The summed E-state index contributed by atoms with van der Waals surface area (Å²) in [6.45, 7) is 2.05. The van der Waals surface area contributed by atoms with Gasteiger partial charge in [0, 0.05) is 0 Å². The molecule has 0 atom stereocenters. The lowest BCUT2D eigenvalue weighted by Crippen LogP contribution is -1.83. The second-order valence-corrected chi connectivity index (χ2v) is 2.74. The molecule has 1 aromatic heterocycles. The first-order chi connectivity index (χ1) is 4.38. The first kappa shape index (κ1) is 6.96. The maximum Gasteiger partial charge on any atom is 0.0797 e. The van der Waals surface area contributed by atoms with Crippen molar-refractivity contribution in [2.45, 2.75) is 19.2 Å². The molecule has 4 heteroatoms. The van der Waals surface area contributed by atoms with Crippen molar-refractivity contribution in [3.63, 3.8) is 0 Å². The van der Waals surface area contributed by atoms with Gasteiger partial charge in [-0.05, 0) is 18.0 Å². The maximum atomic E-state index is 5.58. The molecule has 0 aliphatic heterocycles. The Morgan fingerprint density at radius 3 is 2.89 bits per heavy atom. The number of halogens is 1. The Morgan fingerprint density at radius 2 is 2.44 bits per heavy atom. The minimum atomic E-state index is 0.543. The van der Waals surface area contributed by atoms with Crippen molar-refractivity contribution < 1.29 is 0 Å². The van der Waals surface area contributed by atoms with E-state index in [1.807, 2.05) is 6.92 Å². The van der Waals surface area contributed by atoms with Crippen LogP contribution in [-0.2, 0) is 12.3 Å². The van der Waals surface area contributed by atoms with Gasteiger partial charge in [0.05, 0.1) is 16.5 Å². The number of hydrogen-bond acceptors (Lipinski definition) is 3. The van der Waals surface area contributed by atoms with Gasteiger partial charge in [-0.2, -0.15) is 0 Å². The fraction of sp³-hybridized carbons (Fsp3) is 0.600. The van der Waals surface area contributed by atoms with E-state index in [-0.39, 0.29) is 0 Å². The van der Waals surface area contributed by atoms with Crippen LogP contribution in [0.5, 0.6) is 0 Å². The molecule has 0 N–H and O–H groups in total. The maximum absolute atomic E-state index is 5.58. The molecule has 0 saturated heterocycles. The highest BCUT2D eigenvalue weighted by molar-refractivity contribution is 7.05. The third-order valence-electron chi connectivity index (χ3n) is 1.09. The van der Waals surface area contributed by atoms with Gasteiger partial charge in [-0.15, -0.1) is 16.7 Å². The highest BCUT2D eigenvalue weighted by atomic mass is 35.5. The normalized spacial score (nSPS) is 10.0. The molecule has 0 aromatic carbocycles. The third kappa shape index (κ3) is 1.40. The highest BCUT2D eigenvalue weighted by Gasteiger charge is 2.01. The van der Waals surface area contributed by atoms with Crippen molar-refractivity contribution in [2.75, 3.05) is 0 Å². The number of hydrogen-bond donors (Lipinski definition) is 0. The minimum absolute atomic E-state index is 0.543. The van der Waals surface area contributed by atoms with Crippen LogP contribution in [0.25, 0.3) is 0 Å². The van der Waals surface area contributed by atoms with Gasteiger partial charge < -0.3 is 0 Å². The van der Waals surface area contributed by atoms with Gasteiger partial charge >= 0.3 is 0 Å². The summed E-state index contributed by atoms with van der Waals surface area (Å²) in [5, 5.41) is 3.89. The first-order valence-corrected chi connectivity index (χ1v) is 4.05. The topological polar surface area (TPSA) is 25.8 Å². The second kappa shape index (κ2) is 3.13. The van der Waals surface area contributed by atoms with Crippen molar-refractivity contribution in [1.29, 1.82) is 0 Å². The Kier molecular flexibility index (Phi) is 2.42. The monoisotopic (exact) mass is 162 g/mol. The van der Waals surface area contributed by atoms with Crippen LogP contribution in [0.2, 0.25) is 0 Å². The molecule has 50 valence electrons. The molecule has 0 aliphatic carbocycles. The molecule has 0 aliphatic rings. The summed E-state index contributed by atoms with van der Waals surface area (Å²) in [6.07, 6.45) is 0.929. The van der Waals surface area contributed by atoms with Crippen LogP contribution >= 0.6 is 23.1 Å². The zero-order chi connectivity index (χ0) is 6.69. The Bertz CT molecular complexity index is 168. The third-order valence-corrected chi connectivity index (χ3v) is 2.28. The predicted octanol–water partition coefficient (Wildman–Crippen LogP) is 1.84. The molecule has 0 radical (unpaired) electrons. The zero-order valence-electron chi connectivity index (χ0n) is 5.09. The molecule has 2 nitrogen and oxygen atoms in total. The van der Waals surface area contributed by atoms with Crippen LogP contribution in [-0.4, -0.2) is 9.59 Å². The fourth-order valence-corrected chi connectivity index (χ4v) is 1.47. The van der Waals surface area contributed by atoms with E-state index in [9.17, 15) is 0 Å². The molecule has 0 fully saturated rings. The summed E-state index contributed by atoms with van der Waals surface area (Å²) >= 11 is 6.96. The molecule has 1 rings (SSSR count). The van der Waals surface area contributed by atoms with Gasteiger partial charge in [-0.25, -0.2) is 0 Å². The Hall–Kier alpha value is -0.150. The average Bonchev–Trinajstić information content (AvgIpc) is 2.33. The molecule has 1 aromatic rings. The summed E-state index contributed by atoms with van der Waals surface area (Å²) in [5.41, 5.74) is 1.04. The van der Waals surface area contributed by atoms with Gasteiger partial charge in [-0.3, -0.25) is 0 Å². The molecule has 0 unspecified atom stereocenters. The summed E-state index contributed by atoms with van der Waals surface area (Å²) in [4.78, 5) is 1.10. The molecule has 1 heterocycles. The van der Waals surface area contributed by atoms with Crippen LogP contribution in [0.4, 0.5) is 0 Å². The average molecular weight is 163 g/mol. The number of nitrogens with zero attached hydrogens (tertiary/aromatic N) is 2. The van der Waals surface area contributed by atoms with Crippen LogP contribution in [0.1, 0.15) is 17.5 Å². The van der Waals surface area contributed by atoms with E-state index in [1.54, 1.807) is 0 Å². The molecule has 9 heavy (non-hydrogen) atoms. The van der Waals surface area contributed by atoms with E-state index in [2.05, 4.69) is 9.59 Å². The number of alkyl halides is 1. The summed E-state index contributed by atoms with van der Waals surface area (Å²) in [7, 11) is 0. The quantitative estimate of drug-likeness (QED) is 0.621. The van der Waals surface area contributed by atoms with E-state index in [0.29, 0.717) is 5.88 Å². The standard InChI is InChI=1S/C5H7ClN2S/c1-2-4-5(3-6)9-8-7-4/h2-3H2,1H3. The summed E-state index contributed by atoms with van der Waals surface area (Å²) < 4.78 is 3.77. The van der Waals surface area contributed by atoms with E-state index in [1.165, 1.54) is 11.5 Å². The van der Waals surface area contributed by atoms with Crippen molar-refractivity contribution in [3.05, 3.63) is 10.6 Å². The van der Waals surface area contributed by atoms with Crippen LogP contribution in [0, 0.1) is 0 Å². The van der Waals surface area contributed by atoms with E-state index in [4.69, 9.17) is 11.6 Å². The molecular weight excluding hydrogens is 156 g/mol. The summed E-state index contributed by atoms with van der Waals surface area (Å²) in [5.74, 6) is 0.543. The number of rotatable bonds is 2. The lowest BCUT2D eigenvalue weighted by Gasteiger charge is -1.87. The van der Waals surface area contributed by atoms with Crippen molar-refractivity contribution >= 4 is 23.1 Å². The van der Waals surface area contributed by atoms with Gasteiger partial charge in [0.15, 0.2) is 0 Å².